The van der Waals surface area contributed by atoms with Crippen LogP contribution in [0.5, 0.6) is 0 Å². The van der Waals surface area contributed by atoms with E-state index < -0.39 is 0 Å². The van der Waals surface area contributed by atoms with Crippen LogP contribution in [0.3, 0.4) is 0 Å². The molecule has 0 unspecified atom stereocenters. The van der Waals surface area contributed by atoms with Gasteiger partial charge in [-0.05, 0) is 61.3 Å². The van der Waals surface area contributed by atoms with E-state index in [1.54, 1.807) is 17.7 Å². The minimum absolute atomic E-state index is 0.107. The molecule has 0 radical (unpaired) electrons. The van der Waals surface area contributed by atoms with Gasteiger partial charge in [0.05, 0.1) is 20.8 Å². The molecule has 2 aliphatic rings. The van der Waals surface area contributed by atoms with Crippen molar-refractivity contribution in [3.8, 4) is 11.3 Å². The molecule has 5 heterocycles. The first-order valence-electron chi connectivity index (χ1n) is 11.4. The quantitative estimate of drug-likeness (QED) is 0.488. The number of fused-ring (bicyclic) bond motifs is 4. The van der Waals surface area contributed by atoms with E-state index in [1.807, 2.05) is 21.7 Å². The van der Waals surface area contributed by atoms with Gasteiger partial charge in [-0.15, -0.1) is 11.3 Å². The smallest absolute Gasteiger partial charge is 0.264 e. The number of hydrogen-bond acceptors (Lipinski definition) is 5. The molecule has 4 aromatic rings. The number of nitrogens with one attached hydrogen (secondary N) is 1. The maximum absolute atomic E-state index is 13.4. The second-order valence-corrected chi connectivity index (χ2v) is 10.8. The molecule has 1 amide bonds. The summed E-state index contributed by atoms with van der Waals surface area (Å²) >= 11 is 1.61. The van der Waals surface area contributed by atoms with Gasteiger partial charge in [-0.2, -0.15) is 5.10 Å². The van der Waals surface area contributed by atoms with E-state index in [-0.39, 0.29) is 11.9 Å². The number of likely N-dealkylation sites (tertiary alicyclic amines) is 1. The van der Waals surface area contributed by atoms with E-state index in [1.165, 1.54) is 10.3 Å². The van der Waals surface area contributed by atoms with Crippen LogP contribution >= 0.6 is 11.3 Å². The minimum Gasteiger partial charge on any atom is -0.354 e. The van der Waals surface area contributed by atoms with E-state index in [4.69, 9.17) is 5.73 Å². The second-order valence-electron chi connectivity index (χ2n) is 9.71. The molecule has 32 heavy (non-hydrogen) atoms. The fraction of sp³-hybridized carbons (Fsp3) is 0.458. The lowest BCUT2D eigenvalue weighted by atomic mass is 9.94. The highest BCUT2D eigenvalue weighted by molar-refractivity contribution is 7.21. The molecule has 2 bridgehead atoms. The first kappa shape index (κ1) is 19.9. The molecule has 0 spiro atoms. The number of carbonyl (C=O) groups is 1. The van der Waals surface area contributed by atoms with Crippen molar-refractivity contribution < 1.29 is 4.79 Å². The molecule has 1 saturated carbocycles. The number of rotatable bonds is 3. The van der Waals surface area contributed by atoms with Crippen LogP contribution < -0.4 is 5.73 Å². The number of hydrogen-bond donors (Lipinski definition) is 2. The molecular formula is C24H28N6OS. The predicted octanol–water partition coefficient (Wildman–Crippen LogP) is 4.32. The third-order valence-corrected chi connectivity index (χ3v) is 8.46. The average molecular weight is 449 g/mol. The molecule has 2 fully saturated rings. The molecule has 8 heteroatoms. The SMILES string of the molecule is Cc1cc(-c2[nH]c3cc(C(=O)N4C[C@H](N)[C@@H]5CC[C@H]4C5)sc3c2C(C)C)cn2ncnc12. The number of nitrogens with zero attached hydrogens (tertiary/aromatic N) is 4. The van der Waals surface area contributed by atoms with Crippen molar-refractivity contribution in [3.05, 3.63) is 40.7 Å². The fourth-order valence-corrected chi connectivity index (χ4v) is 6.96. The van der Waals surface area contributed by atoms with E-state index in [2.05, 4.69) is 41.9 Å². The molecule has 3 atom stereocenters. The van der Waals surface area contributed by atoms with E-state index in [0.29, 0.717) is 24.4 Å². The standard InChI is InChI=1S/C24H28N6OS/c1-12(2)20-21(15-6-13(3)23-26-11-27-30(23)9-15)28-18-8-19(32-22(18)20)24(31)29-10-17(25)14-4-5-16(29)7-14/h6,8-9,11-12,14,16-17,28H,4-5,7,10,25H2,1-3H3/t14-,16+,17+/m1/s1. The van der Waals surface area contributed by atoms with Crippen LogP contribution in [0.2, 0.25) is 0 Å². The second kappa shape index (κ2) is 7.15. The van der Waals surface area contributed by atoms with Gasteiger partial charge in [0.2, 0.25) is 0 Å². The summed E-state index contributed by atoms with van der Waals surface area (Å²) in [6, 6.07) is 4.65. The third-order valence-electron chi connectivity index (χ3n) is 7.30. The third kappa shape index (κ3) is 2.93. The van der Waals surface area contributed by atoms with Crippen molar-refractivity contribution in [2.24, 2.45) is 11.7 Å². The Morgan fingerprint density at radius 1 is 1.31 bits per heavy atom. The van der Waals surface area contributed by atoms with Gasteiger partial charge >= 0.3 is 0 Å². The number of piperidine rings is 1. The van der Waals surface area contributed by atoms with Gasteiger partial charge in [-0.1, -0.05) is 13.8 Å². The molecule has 7 nitrogen and oxygen atoms in total. The first-order valence-corrected chi connectivity index (χ1v) is 12.2. The Morgan fingerprint density at radius 3 is 2.97 bits per heavy atom. The summed E-state index contributed by atoms with van der Waals surface area (Å²) in [5, 5.41) is 4.33. The Balaban J connectivity index is 1.41. The molecule has 1 saturated heterocycles. The monoisotopic (exact) mass is 448 g/mol. The lowest BCUT2D eigenvalue weighted by Crippen LogP contribution is -2.51. The van der Waals surface area contributed by atoms with Crippen LogP contribution in [0.25, 0.3) is 27.1 Å². The number of pyridine rings is 1. The van der Waals surface area contributed by atoms with Crippen LogP contribution in [0.1, 0.15) is 59.8 Å². The van der Waals surface area contributed by atoms with Crippen LogP contribution in [-0.4, -0.2) is 49.0 Å². The van der Waals surface area contributed by atoms with Gasteiger partial charge in [0.1, 0.15) is 6.33 Å². The van der Waals surface area contributed by atoms with Crippen LogP contribution in [0.15, 0.2) is 24.7 Å². The van der Waals surface area contributed by atoms with Crippen molar-refractivity contribution in [3.63, 3.8) is 0 Å². The van der Waals surface area contributed by atoms with Crippen molar-refractivity contribution >= 4 is 33.1 Å². The number of amides is 1. The molecule has 6 rings (SSSR count). The summed E-state index contributed by atoms with van der Waals surface area (Å²) in [7, 11) is 0. The molecule has 1 aliphatic heterocycles. The van der Waals surface area contributed by atoms with Crippen LogP contribution in [-0.2, 0) is 0 Å². The number of nitrogens with two attached hydrogens (primary N) is 1. The summed E-state index contributed by atoms with van der Waals surface area (Å²) in [5.74, 6) is 1.03. The zero-order valence-electron chi connectivity index (χ0n) is 18.6. The summed E-state index contributed by atoms with van der Waals surface area (Å²) in [6.07, 6.45) is 6.89. The summed E-state index contributed by atoms with van der Waals surface area (Å²) < 4.78 is 2.99. The van der Waals surface area contributed by atoms with Gasteiger partial charge in [0.25, 0.3) is 5.91 Å². The zero-order chi connectivity index (χ0) is 22.1. The van der Waals surface area contributed by atoms with Crippen molar-refractivity contribution in [1.82, 2.24) is 24.5 Å². The van der Waals surface area contributed by atoms with E-state index in [9.17, 15) is 4.79 Å². The van der Waals surface area contributed by atoms with Gasteiger partial charge in [0.15, 0.2) is 5.65 Å². The molecule has 1 aliphatic carbocycles. The zero-order valence-corrected chi connectivity index (χ0v) is 19.4. The molecule has 0 aromatic carbocycles. The van der Waals surface area contributed by atoms with Gasteiger partial charge in [0, 0.05) is 30.4 Å². The molecule has 166 valence electrons. The summed E-state index contributed by atoms with van der Waals surface area (Å²) in [4.78, 5) is 24.2. The largest absolute Gasteiger partial charge is 0.354 e. The first-order chi connectivity index (χ1) is 15.4. The summed E-state index contributed by atoms with van der Waals surface area (Å²) in [6.45, 7) is 7.15. The van der Waals surface area contributed by atoms with Gasteiger partial charge in [-0.25, -0.2) is 9.50 Å². The van der Waals surface area contributed by atoms with Crippen LogP contribution in [0.4, 0.5) is 0 Å². The number of aromatic amines is 1. The van der Waals surface area contributed by atoms with E-state index in [0.717, 1.165) is 52.1 Å². The Bertz CT molecular complexity index is 1350. The van der Waals surface area contributed by atoms with E-state index >= 15 is 0 Å². The lowest BCUT2D eigenvalue weighted by Gasteiger charge is -2.36. The Hall–Kier alpha value is -2.71. The topological polar surface area (TPSA) is 92.3 Å². The summed E-state index contributed by atoms with van der Waals surface area (Å²) in [5.41, 5.74) is 12.8. The molecule has 3 N–H and O–H groups in total. The fourth-order valence-electron chi connectivity index (χ4n) is 5.69. The van der Waals surface area contributed by atoms with Crippen LogP contribution in [0, 0.1) is 12.8 Å². The number of thiophene rings is 1. The van der Waals surface area contributed by atoms with Crippen molar-refractivity contribution in [2.45, 2.75) is 58.0 Å². The number of aryl methyl sites for hydroxylation is 1. The minimum atomic E-state index is 0.107. The predicted molar refractivity (Wildman–Crippen MR) is 127 cm³/mol. The molecule has 4 aromatic heterocycles. The highest BCUT2D eigenvalue weighted by Crippen LogP contribution is 2.42. The average Bonchev–Trinajstić information content (AvgIpc) is 3.51. The highest BCUT2D eigenvalue weighted by atomic mass is 32.1. The Kier molecular flexibility index (Phi) is 4.45. The lowest BCUT2D eigenvalue weighted by molar-refractivity contribution is 0.0608. The van der Waals surface area contributed by atoms with Crippen molar-refractivity contribution in [2.75, 3.05) is 6.54 Å². The highest BCUT2D eigenvalue weighted by Gasteiger charge is 2.41. The maximum atomic E-state index is 13.4. The number of H-pyrrole nitrogens is 1. The van der Waals surface area contributed by atoms with Crippen molar-refractivity contribution in [1.29, 1.82) is 0 Å². The normalized spacial score (nSPS) is 23.2. The Morgan fingerprint density at radius 2 is 2.16 bits per heavy atom. The maximum Gasteiger partial charge on any atom is 0.264 e. The number of aromatic nitrogens is 4. The van der Waals surface area contributed by atoms with Gasteiger partial charge in [-0.3, -0.25) is 4.79 Å². The van der Waals surface area contributed by atoms with Gasteiger partial charge < -0.3 is 15.6 Å². The number of carbonyl (C=O) groups excluding carboxylic acids is 1. The molecular weight excluding hydrogens is 420 g/mol. The Labute approximate surface area is 190 Å².